The number of carboxylic acid groups (broad SMARTS) is 1. The fourth-order valence-corrected chi connectivity index (χ4v) is 5.58. The van der Waals surface area contributed by atoms with E-state index in [1.807, 2.05) is 6.08 Å². The molecule has 2 N–H and O–H groups in total. The van der Waals surface area contributed by atoms with Gasteiger partial charge in [-0.1, -0.05) is 50.5 Å². The van der Waals surface area contributed by atoms with Crippen LogP contribution in [0.25, 0.3) is 0 Å². The lowest BCUT2D eigenvalue weighted by Crippen LogP contribution is -2.44. The number of carbonyl (C=O) groups is 1. The highest BCUT2D eigenvalue weighted by Gasteiger charge is 2.44. The molecule has 0 radical (unpaired) electrons. The molecule has 3 nitrogen and oxygen atoms in total. The highest BCUT2D eigenvalue weighted by atomic mass is 32.2. The van der Waals surface area contributed by atoms with Gasteiger partial charge < -0.3 is 10.2 Å². The maximum absolute atomic E-state index is 10.5. The van der Waals surface area contributed by atoms with Gasteiger partial charge in [-0.3, -0.25) is 4.79 Å². The number of rotatable bonds is 12. The molecule has 3 rings (SSSR count). The predicted octanol–water partition coefficient (Wildman–Crippen LogP) is 5.20. The molecule has 2 saturated heterocycles. The molecule has 2 aliphatic heterocycles. The van der Waals surface area contributed by atoms with Crippen LogP contribution in [-0.4, -0.2) is 32.8 Å². The molecule has 4 heteroatoms. The van der Waals surface area contributed by atoms with Crippen molar-refractivity contribution in [2.24, 2.45) is 11.8 Å². The maximum atomic E-state index is 10.5. The zero-order valence-corrected chi connectivity index (χ0v) is 16.3. The second kappa shape index (κ2) is 11.1. The summed E-state index contributed by atoms with van der Waals surface area (Å²) in [5.41, 5.74) is 0. The van der Waals surface area contributed by atoms with Gasteiger partial charge in [0.25, 0.3) is 0 Å². The molecule has 3 aliphatic rings. The molecule has 0 amide bonds. The minimum absolute atomic E-state index is 0.259. The topological polar surface area (TPSA) is 57.5 Å². The fourth-order valence-electron chi connectivity index (χ4n) is 3.94. The predicted molar refractivity (Wildman–Crippen MR) is 106 cm³/mol. The quantitative estimate of drug-likeness (QED) is 0.368. The van der Waals surface area contributed by atoms with Gasteiger partial charge in [0.15, 0.2) is 0 Å². The summed E-state index contributed by atoms with van der Waals surface area (Å²) in [5.74, 6) is 0.555. The third-order valence-electron chi connectivity index (χ3n) is 5.45. The molecule has 0 aromatic rings. The number of allylic oxidation sites excluding steroid dienone is 3. The van der Waals surface area contributed by atoms with Crippen LogP contribution in [0.4, 0.5) is 0 Å². The third kappa shape index (κ3) is 7.18. The summed E-state index contributed by atoms with van der Waals surface area (Å²) in [4.78, 5) is 10.5. The summed E-state index contributed by atoms with van der Waals surface area (Å²) in [5, 5.41) is 20.4. The monoisotopic (exact) mass is 366 g/mol. The Bertz CT molecular complexity index is 454. The van der Waals surface area contributed by atoms with Crippen LogP contribution in [0.1, 0.15) is 71.1 Å². The molecular formula is C21H34O3S. The molecule has 142 valence electrons. The van der Waals surface area contributed by atoms with Gasteiger partial charge in [-0.05, 0) is 50.4 Å². The first-order valence-corrected chi connectivity index (χ1v) is 10.9. The summed E-state index contributed by atoms with van der Waals surface area (Å²) in [6.07, 6.45) is 18.4. The molecule has 2 heterocycles. The van der Waals surface area contributed by atoms with Gasteiger partial charge in [0.1, 0.15) is 0 Å². The van der Waals surface area contributed by atoms with Crippen molar-refractivity contribution >= 4 is 17.7 Å². The van der Waals surface area contributed by atoms with Crippen molar-refractivity contribution in [2.75, 3.05) is 0 Å². The Kier molecular flexibility index (Phi) is 9.11. The van der Waals surface area contributed by atoms with E-state index in [2.05, 4.69) is 36.9 Å². The molecule has 5 atom stereocenters. The Morgan fingerprint density at radius 2 is 2.04 bits per heavy atom. The number of hydrogen-bond acceptors (Lipinski definition) is 3. The van der Waals surface area contributed by atoms with Gasteiger partial charge in [0.05, 0.1) is 6.10 Å². The lowest BCUT2D eigenvalue weighted by Gasteiger charge is -2.49. The molecule has 25 heavy (non-hydrogen) atoms. The summed E-state index contributed by atoms with van der Waals surface area (Å²) >= 11 is 2.14. The van der Waals surface area contributed by atoms with E-state index in [0.717, 1.165) is 42.6 Å². The second-order valence-electron chi connectivity index (χ2n) is 7.54. The van der Waals surface area contributed by atoms with E-state index in [0.29, 0.717) is 11.8 Å². The van der Waals surface area contributed by atoms with E-state index in [-0.39, 0.29) is 12.5 Å². The van der Waals surface area contributed by atoms with Crippen molar-refractivity contribution in [2.45, 2.75) is 87.7 Å². The van der Waals surface area contributed by atoms with Gasteiger partial charge in [0.2, 0.25) is 0 Å². The number of aliphatic hydroxyl groups is 1. The highest BCUT2D eigenvalue weighted by molar-refractivity contribution is 8.01. The summed E-state index contributed by atoms with van der Waals surface area (Å²) < 4.78 is 0. The van der Waals surface area contributed by atoms with E-state index in [1.165, 1.54) is 25.7 Å². The minimum Gasteiger partial charge on any atom is -0.481 e. The Morgan fingerprint density at radius 1 is 1.24 bits per heavy atom. The standard InChI is InChI=1S/C21H34O3S/c1-2-3-6-9-17(22)13-12-16-14-18-15-20(25-18)19(16)10-7-4-5-8-11-21(23)24/h4,7,12-13,16-20,22H,2-3,5-6,8-11,14-15H2,1H3,(H,23,24)/b7-4-,13-12+/t16-,17-,18?,19+,20?/m0/s1. The first-order valence-electron chi connectivity index (χ1n) is 9.98. The van der Waals surface area contributed by atoms with Gasteiger partial charge in [0, 0.05) is 16.9 Å². The molecule has 2 bridgehead atoms. The number of aliphatic carboxylic acids is 1. The molecule has 1 aliphatic carbocycles. The smallest absolute Gasteiger partial charge is 0.303 e. The molecule has 2 unspecified atom stereocenters. The first-order chi connectivity index (χ1) is 12.1. The lowest BCUT2D eigenvalue weighted by molar-refractivity contribution is -0.137. The van der Waals surface area contributed by atoms with Crippen LogP contribution in [0.2, 0.25) is 0 Å². The highest BCUT2D eigenvalue weighted by Crippen LogP contribution is 2.54. The third-order valence-corrected chi connectivity index (χ3v) is 7.11. The van der Waals surface area contributed by atoms with Crippen LogP contribution >= 0.6 is 11.8 Å². The van der Waals surface area contributed by atoms with Crippen molar-refractivity contribution in [1.82, 2.24) is 0 Å². The van der Waals surface area contributed by atoms with Crippen LogP contribution < -0.4 is 0 Å². The minimum atomic E-state index is -0.708. The number of thioether (sulfide) groups is 1. The first kappa shape index (κ1) is 20.6. The number of unbranched alkanes of at least 4 members (excludes halogenated alkanes) is 3. The summed E-state index contributed by atoms with van der Waals surface area (Å²) in [7, 11) is 0. The number of aliphatic hydroxyl groups excluding tert-OH is 1. The second-order valence-corrected chi connectivity index (χ2v) is 9.08. The van der Waals surface area contributed by atoms with Crippen LogP contribution in [0.15, 0.2) is 24.3 Å². The van der Waals surface area contributed by atoms with E-state index in [9.17, 15) is 9.90 Å². The van der Waals surface area contributed by atoms with Crippen LogP contribution in [0.3, 0.4) is 0 Å². The molecule has 3 fully saturated rings. The van der Waals surface area contributed by atoms with Crippen molar-refractivity contribution in [3.05, 3.63) is 24.3 Å². The average Bonchev–Trinajstić information content (AvgIpc) is 2.55. The zero-order valence-electron chi connectivity index (χ0n) is 15.5. The van der Waals surface area contributed by atoms with Gasteiger partial charge in [-0.15, -0.1) is 0 Å². The summed E-state index contributed by atoms with van der Waals surface area (Å²) in [6.45, 7) is 2.19. The molecule has 1 saturated carbocycles. The average molecular weight is 367 g/mol. The Balaban J connectivity index is 1.76. The van der Waals surface area contributed by atoms with Crippen molar-refractivity contribution < 1.29 is 15.0 Å². The van der Waals surface area contributed by atoms with Crippen molar-refractivity contribution in [3.63, 3.8) is 0 Å². The molecule has 0 aromatic carbocycles. The molecule has 0 aromatic heterocycles. The summed E-state index contributed by atoms with van der Waals surface area (Å²) in [6, 6.07) is 0. The van der Waals surface area contributed by atoms with Gasteiger partial charge in [-0.25, -0.2) is 0 Å². The molecular weight excluding hydrogens is 332 g/mol. The van der Waals surface area contributed by atoms with Gasteiger partial charge >= 0.3 is 5.97 Å². The van der Waals surface area contributed by atoms with Crippen molar-refractivity contribution in [3.8, 4) is 0 Å². The Morgan fingerprint density at radius 3 is 2.76 bits per heavy atom. The number of hydrogen-bond donors (Lipinski definition) is 2. The zero-order chi connectivity index (χ0) is 18.1. The van der Waals surface area contributed by atoms with Crippen LogP contribution in [0, 0.1) is 11.8 Å². The van der Waals surface area contributed by atoms with Crippen LogP contribution in [0.5, 0.6) is 0 Å². The van der Waals surface area contributed by atoms with E-state index in [1.54, 1.807) is 0 Å². The Labute approximate surface area is 157 Å². The lowest BCUT2D eigenvalue weighted by atomic mass is 9.75. The Hall–Kier alpha value is -0.740. The van der Waals surface area contributed by atoms with E-state index >= 15 is 0 Å². The largest absolute Gasteiger partial charge is 0.481 e. The van der Waals surface area contributed by atoms with E-state index in [4.69, 9.17) is 5.11 Å². The van der Waals surface area contributed by atoms with Crippen LogP contribution in [-0.2, 0) is 4.79 Å². The molecule has 0 spiro atoms. The fraction of sp³-hybridized carbons (Fsp3) is 0.762. The van der Waals surface area contributed by atoms with E-state index < -0.39 is 5.97 Å². The number of carboxylic acids is 1. The SMILES string of the molecule is CCCCC[C@H](O)/C=C/[C@H]1CC2CC(S2)[C@@H]1C/C=C\CCCC(=O)O. The van der Waals surface area contributed by atoms with Crippen molar-refractivity contribution in [1.29, 1.82) is 0 Å². The normalized spacial score (nSPS) is 29.8. The maximum Gasteiger partial charge on any atom is 0.303 e. The van der Waals surface area contributed by atoms with Gasteiger partial charge in [-0.2, -0.15) is 11.8 Å². The number of fused-ring (bicyclic) bond motifs is 2.